The van der Waals surface area contributed by atoms with E-state index in [0.717, 1.165) is 17.8 Å². The fourth-order valence-corrected chi connectivity index (χ4v) is 1.53. The molecule has 1 heteroatoms. The molecule has 0 spiro atoms. The highest BCUT2D eigenvalue weighted by atomic mass is 14.7. The van der Waals surface area contributed by atoms with Crippen molar-refractivity contribution < 1.29 is 0 Å². The van der Waals surface area contributed by atoms with Crippen LogP contribution in [0.4, 0.5) is 5.69 Å². The van der Waals surface area contributed by atoms with Gasteiger partial charge in [0, 0.05) is 5.71 Å². The smallest absolute Gasteiger partial charge is 0.0662 e. The van der Waals surface area contributed by atoms with Crippen molar-refractivity contribution in [3.63, 3.8) is 0 Å². The van der Waals surface area contributed by atoms with Crippen molar-refractivity contribution in [1.29, 1.82) is 0 Å². The van der Waals surface area contributed by atoms with Crippen LogP contribution < -0.4 is 0 Å². The number of rotatable bonds is 3. The summed E-state index contributed by atoms with van der Waals surface area (Å²) < 4.78 is 0. The molecule has 1 aromatic carbocycles. The van der Waals surface area contributed by atoms with Crippen LogP contribution >= 0.6 is 0 Å². The Labute approximate surface area is 98.9 Å². The highest BCUT2D eigenvalue weighted by Gasteiger charge is 2.01. The van der Waals surface area contributed by atoms with Gasteiger partial charge >= 0.3 is 0 Å². The fourth-order valence-electron chi connectivity index (χ4n) is 1.53. The summed E-state index contributed by atoms with van der Waals surface area (Å²) in [4.78, 5) is 4.69. The lowest BCUT2D eigenvalue weighted by Gasteiger charge is -2.06. The molecule has 0 aromatic heterocycles. The zero-order chi connectivity index (χ0) is 12.1. The molecule has 86 valence electrons. The van der Waals surface area contributed by atoms with Gasteiger partial charge in [0.15, 0.2) is 0 Å². The molecule has 16 heavy (non-hydrogen) atoms. The van der Waals surface area contributed by atoms with Gasteiger partial charge in [-0.15, -0.1) is 0 Å². The zero-order valence-corrected chi connectivity index (χ0v) is 11.0. The minimum Gasteiger partial charge on any atom is -0.253 e. The Hall–Kier alpha value is -1.37. The van der Waals surface area contributed by atoms with E-state index in [2.05, 4.69) is 51.7 Å². The maximum absolute atomic E-state index is 4.69. The third-order valence-electron chi connectivity index (χ3n) is 3.12. The number of benzene rings is 1. The first-order valence-corrected chi connectivity index (χ1v) is 5.84. The first-order valence-electron chi connectivity index (χ1n) is 5.84. The maximum atomic E-state index is 4.69. The lowest BCUT2D eigenvalue weighted by molar-refractivity contribution is 1.08. The van der Waals surface area contributed by atoms with Gasteiger partial charge in [0.1, 0.15) is 0 Å². The van der Waals surface area contributed by atoms with Gasteiger partial charge in [-0.1, -0.05) is 30.7 Å². The predicted octanol–water partition coefficient (Wildman–Crippen LogP) is 4.83. The van der Waals surface area contributed by atoms with E-state index in [1.165, 1.54) is 16.7 Å². The Morgan fingerprint density at radius 2 is 1.75 bits per heavy atom. The standard InChI is InChI=1S/C15H21N/c1-6-11(2)13(4)14(5)16-15-10-8-7-9-12(15)3/h7-10H,6H2,1-5H3/b13-11+,16-14?. The monoisotopic (exact) mass is 215 g/mol. The largest absolute Gasteiger partial charge is 0.253 e. The highest BCUT2D eigenvalue weighted by Crippen LogP contribution is 2.19. The van der Waals surface area contributed by atoms with Crippen molar-refractivity contribution in [2.24, 2.45) is 4.99 Å². The van der Waals surface area contributed by atoms with Crippen LogP contribution in [0.5, 0.6) is 0 Å². The van der Waals surface area contributed by atoms with Gasteiger partial charge in [0.25, 0.3) is 0 Å². The van der Waals surface area contributed by atoms with Crippen LogP contribution in [-0.4, -0.2) is 5.71 Å². The number of para-hydroxylation sites is 1. The van der Waals surface area contributed by atoms with Gasteiger partial charge in [-0.3, -0.25) is 4.99 Å². The van der Waals surface area contributed by atoms with Gasteiger partial charge in [-0.2, -0.15) is 0 Å². The Kier molecular flexibility index (Phi) is 4.48. The molecule has 1 nitrogen and oxygen atoms in total. The van der Waals surface area contributed by atoms with Crippen LogP contribution in [0.2, 0.25) is 0 Å². The maximum Gasteiger partial charge on any atom is 0.0662 e. The van der Waals surface area contributed by atoms with E-state index in [1.807, 2.05) is 12.1 Å². The predicted molar refractivity (Wildman–Crippen MR) is 72.6 cm³/mol. The number of hydrogen-bond donors (Lipinski definition) is 0. The summed E-state index contributed by atoms with van der Waals surface area (Å²) in [6.07, 6.45) is 1.09. The van der Waals surface area contributed by atoms with E-state index in [-0.39, 0.29) is 0 Å². The van der Waals surface area contributed by atoms with E-state index in [4.69, 9.17) is 0 Å². The normalized spacial score (nSPS) is 13.7. The lowest BCUT2D eigenvalue weighted by Crippen LogP contribution is -1.96. The molecule has 1 aromatic rings. The van der Waals surface area contributed by atoms with Crippen molar-refractivity contribution in [1.82, 2.24) is 0 Å². The third-order valence-corrected chi connectivity index (χ3v) is 3.12. The summed E-state index contributed by atoms with van der Waals surface area (Å²) in [6, 6.07) is 8.24. The summed E-state index contributed by atoms with van der Waals surface area (Å²) in [5.41, 5.74) is 6.14. The number of aliphatic imine (C=N–C) groups is 1. The van der Waals surface area contributed by atoms with Gasteiger partial charge in [0.05, 0.1) is 5.69 Å². The van der Waals surface area contributed by atoms with E-state index >= 15 is 0 Å². The molecule has 0 fully saturated rings. The Balaban J connectivity index is 3.07. The van der Waals surface area contributed by atoms with Crippen molar-refractivity contribution in [3.8, 4) is 0 Å². The quantitative estimate of drug-likeness (QED) is 0.640. The molecule has 0 amide bonds. The second-order valence-corrected chi connectivity index (χ2v) is 4.24. The van der Waals surface area contributed by atoms with Gasteiger partial charge in [0.2, 0.25) is 0 Å². The number of aryl methyl sites for hydroxylation is 1. The van der Waals surface area contributed by atoms with Crippen molar-refractivity contribution in [2.45, 2.75) is 41.0 Å². The van der Waals surface area contributed by atoms with Crippen LogP contribution in [0.15, 0.2) is 40.4 Å². The summed E-state index contributed by atoms with van der Waals surface area (Å²) in [5, 5.41) is 0. The molecule has 0 atom stereocenters. The molecule has 0 heterocycles. The summed E-state index contributed by atoms with van der Waals surface area (Å²) in [5.74, 6) is 0. The molecular formula is C15H21N. The lowest BCUT2D eigenvalue weighted by atomic mass is 10.1. The van der Waals surface area contributed by atoms with Crippen LogP contribution in [0.25, 0.3) is 0 Å². The number of nitrogens with zero attached hydrogens (tertiary/aromatic N) is 1. The average molecular weight is 215 g/mol. The molecule has 0 N–H and O–H groups in total. The highest BCUT2D eigenvalue weighted by molar-refractivity contribution is 6.00. The SMILES string of the molecule is CC/C(C)=C(\C)C(C)=Nc1ccccc1C. The first-order chi connectivity index (χ1) is 7.56. The second-order valence-electron chi connectivity index (χ2n) is 4.24. The molecule has 0 unspecified atom stereocenters. The molecule has 1 rings (SSSR count). The molecule has 0 saturated heterocycles. The second kappa shape index (κ2) is 5.64. The minimum atomic E-state index is 1.07. The third kappa shape index (κ3) is 3.06. The molecule has 0 aliphatic rings. The molecule has 0 radical (unpaired) electrons. The van der Waals surface area contributed by atoms with Gasteiger partial charge in [-0.05, 0) is 51.3 Å². The Bertz CT molecular complexity index is 425. The summed E-state index contributed by atoms with van der Waals surface area (Å²) >= 11 is 0. The Morgan fingerprint density at radius 1 is 1.12 bits per heavy atom. The molecule has 0 bridgehead atoms. The molecule has 0 aliphatic carbocycles. The number of hydrogen-bond acceptors (Lipinski definition) is 1. The summed E-state index contributed by atoms with van der Waals surface area (Å²) in [7, 11) is 0. The van der Waals surface area contributed by atoms with Crippen LogP contribution in [0.3, 0.4) is 0 Å². The average Bonchev–Trinajstić information content (AvgIpc) is 2.30. The topological polar surface area (TPSA) is 12.4 Å². The van der Waals surface area contributed by atoms with E-state index in [1.54, 1.807) is 0 Å². The van der Waals surface area contributed by atoms with Gasteiger partial charge < -0.3 is 0 Å². The Morgan fingerprint density at radius 3 is 2.31 bits per heavy atom. The zero-order valence-electron chi connectivity index (χ0n) is 11.0. The molecule has 0 aliphatic heterocycles. The van der Waals surface area contributed by atoms with Gasteiger partial charge in [-0.25, -0.2) is 0 Å². The van der Waals surface area contributed by atoms with Crippen LogP contribution in [0.1, 0.15) is 39.7 Å². The summed E-state index contributed by atoms with van der Waals surface area (Å²) in [6.45, 7) is 10.7. The minimum absolute atomic E-state index is 1.07. The van der Waals surface area contributed by atoms with Crippen molar-refractivity contribution >= 4 is 11.4 Å². The molecule has 0 saturated carbocycles. The number of allylic oxidation sites excluding steroid dienone is 2. The van der Waals surface area contributed by atoms with E-state index in [0.29, 0.717) is 0 Å². The van der Waals surface area contributed by atoms with E-state index in [9.17, 15) is 0 Å². The van der Waals surface area contributed by atoms with Crippen LogP contribution in [-0.2, 0) is 0 Å². The molecular weight excluding hydrogens is 194 g/mol. The van der Waals surface area contributed by atoms with Crippen LogP contribution in [0, 0.1) is 6.92 Å². The van der Waals surface area contributed by atoms with E-state index < -0.39 is 0 Å². The van der Waals surface area contributed by atoms with Crippen molar-refractivity contribution in [2.75, 3.05) is 0 Å². The first kappa shape index (κ1) is 12.7. The fraction of sp³-hybridized carbons (Fsp3) is 0.400. The van der Waals surface area contributed by atoms with Crippen molar-refractivity contribution in [3.05, 3.63) is 41.0 Å².